The van der Waals surface area contributed by atoms with Crippen molar-refractivity contribution in [2.24, 2.45) is 0 Å². The lowest BCUT2D eigenvalue weighted by Gasteiger charge is -2.33. The Hall–Kier alpha value is -3.63. The van der Waals surface area contributed by atoms with Crippen molar-refractivity contribution in [3.63, 3.8) is 0 Å². The fraction of sp³-hybridized carbons (Fsp3) is 0.250. The highest BCUT2D eigenvalue weighted by Gasteiger charge is 2.25. The number of hydrogen-bond acceptors (Lipinski definition) is 6. The van der Waals surface area contributed by atoms with Crippen LogP contribution < -0.4 is 10.5 Å². The fourth-order valence-electron chi connectivity index (χ4n) is 3.82. The van der Waals surface area contributed by atoms with E-state index in [9.17, 15) is 14.0 Å². The highest BCUT2D eigenvalue weighted by atomic mass is 35.5. The number of hydrogen-bond donors (Lipinski definition) is 2. The van der Waals surface area contributed by atoms with Gasteiger partial charge in [0, 0.05) is 47.9 Å². The molecule has 1 atom stereocenters. The number of carbonyl (C=O) groups is 2. The maximum atomic E-state index is 13.9. The minimum absolute atomic E-state index is 0.0212. The van der Waals surface area contributed by atoms with E-state index in [1.807, 2.05) is 0 Å². The van der Waals surface area contributed by atoms with Crippen LogP contribution in [0, 0.1) is 5.82 Å². The minimum atomic E-state index is -0.990. The number of nitrogen functional groups attached to an aromatic ring is 1. The molecule has 12 heteroatoms. The van der Waals surface area contributed by atoms with Gasteiger partial charge in [0.1, 0.15) is 11.9 Å². The van der Waals surface area contributed by atoms with E-state index >= 15 is 0 Å². The fourth-order valence-corrected chi connectivity index (χ4v) is 4.49. The van der Waals surface area contributed by atoms with Crippen molar-refractivity contribution in [1.29, 1.82) is 0 Å². The zero-order valence-corrected chi connectivity index (χ0v) is 20.6. The number of nitrogens with zero attached hydrogens (tertiary/aromatic N) is 4. The number of aromatic nitrogens is 2. The number of nitrogens with two attached hydrogens (primary N) is 1. The summed E-state index contributed by atoms with van der Waals surface area (Å²) in [6, 6.07) is 9.31. The van der Waals surface area contributed by atoms with Crippen molar-refractivity contribution in [2.75, 3.05) is 31.9 Å². The Morgan fingerprint density at radius 1 is 1.08 bits per heavy atom. The molecule has 0 radical (unpaired) electrons. The van der Waals surface area contributed by atoms with E-state index in [1.165, 1.54) is 23.2 Å². The van der Waals surface area contributed by atoms with E-state index in [-0.39, 0.29) is 46.3 Å². The van der Waals surface area contributed by atoms with Gasteiger partial charge in [-0.3, -0.25) is 4.79 Å². The first kappa shape index (κ1) is 25.5. The van der Waals surface area contributed by atoms with Crippen molar-refractivity contribution in [3.05, 3.63) is 69.6 Å². The number of carbonyl (C=O) groups excluding carboxylic acids is 1. The van der Waals surface area contributed by atoms with Gasteiger partial charge < -0.3 is 25.4 Å². The Balaban J connectivity index is 1.50. The third-order valence-corrected chi connectivity index (χ3v) is 6.52. The van der Waals surface area contributed by atoms with Crippen molar-refractivity contribution < 1.29 is 23.8 Å². The molecule has 1 aliphatic heterocycles. The zero-order valence-electron chi connectivity index (χ0n) is 19.1. The molecule has 1 fully saturated rings. The maximum Gasteiger partial charge on any atom is 0.407 e. The molecule has 1 saturated heterocycles. The third-order valence-electron chi connectivity index (χ3n) is 5.81. The number of halogens is 3. The summed E-state index contributed by atoms with van der Waals surface area (Å²) in [7, 11) is 0. The summed E-state index contributed by atoms with van der Waals surface area (Å²) >= 11 is 12.3. The van der Waals surface area contributed by atoms with E-state index in [1.54, 1.807) is 36.1 Å². The standard InChI is InChI=1S/C24H22Cl2FN5O4/c1-13(19-16(25)6-7-17(27)20(19)26)36-22-21(28)29-12-18(30-22)14-2-4-15(5-3-14)23(33)31-8-10-32(11-9-31)24(34)35/h2-7,12-13H,8-11H2,1H3,(H2,28,29)(H,34,35)/t13-/m1/s1. The minimum Gasteiger partial charge on any atom is -0.467 e. The number of amides is 2. The molecule has 2 aromatic carbocycles. The van der Waals surface area contributed by atoms with Gasteiger partial charge in [0.2, 0.25) is 0 Å². The molecule has 0 saturated carbocycles. The Morgan fingerprint density at radius 2 is 1.72 bits per heavy atom. The van der Waals surface area contributed by atoms with Gasteiger partial charge in [-0.25, -0.2) is 19.2 Å². The number of benzene rings is 2. The van der Waals surface area contributed by atoms with Gasteiger partial charge in [0.25, 0.3) is 11.8 Å². The van der Waals surface area contributed by atoms with Crippen LogP contribution in [0.25, 0.3) is 11.3 Å². The first-order chi connectivity index (χ1) is 17.2. The monoisotopic (exact) mass is 533 g/mol. The molecule has 36 heavy (non-hydrogen) atoms. The van der Waals surface area contributed by atoms with Crippen LogP contribution in [0.3, 0.4) is 0 Å². The number of piperazine rings is 1. The van der Waals surface area contributed by atoms with Gasteiger partial charge in [-0.15, -0.1) is 0 Å². The van der Waals surface area contributed by atoms with Crippen molar-refractivity contribution in [1.82, 2.24) is 19.8 Å². The normalized spacial score (nSPS) is 14.4. The summed E-state index contributed by atoms with van der Waals surface area (Å²) in [5, 5.41) is 9.15. The first-order valence-electron chi connectivity index (χ1n) is 11.0. The van der Waals surface area contributed by atoms with Crippen LogP contribution in [0.15, 0.2) is 42.6 Å². The summed E-state index contributed by atoms with van der Waals surface area (Å²) in [5.74, 6) is -0.760. The van der Waals surface area contributed by atoms with Gasteiger partial charge >= 0.3 is 6.09 Å². The Kier molecular flexibility index (Phi) is 7.46. The SMILES string of the molecule is C[C@@H](Oc1nc(-c2ccc(C(=O)N3CCN(C(=O)O)CC3)cc2)cnc1N)c1c(Cl)ccc(F)c1Cl. The van der Waals surface area contributed by atoms with Crippen LogP contribution in [0.5, 0.6) is 5.88 Å². The van der Waals surface area contributed by atoms with Crippen LogP contribution in [0.1, 0.15) is 28.9 Å². The predicted molar refractivity (Wildman–Crippen MR) is 133 cm³/mol. The summed E-state index contributed by atoms with van der Waals surface area (Å²) in [6.45, 7) is 2.83. The van der Waals surface area contributed by atoms with Gasteiger partial charge in [0.15, 0.2) is 5.82 Å². The van der Waals surface area contributed by atoms with E-state index in [4.69, 9.17) is 38.8 Å². The lowest BCUT2D eigenvalue weighted by molar-refractivity contribution is 0.0625. The van der Waals surface area contributed by atoms with Gasteiger partial charge in [-0.05, 0) is 31.2 Å². The van der Waals surface area contributed by atoms with Crippen molar-refractivity contribution >= 4 is 41.0 Å². The van der Waals surface area contributed by atoms with Crippen molar-refractivity contribution in [2.45, 2.75) is 13.0 Å². The highest BCUT2D eigenvalue weighted by molar-refractivity contribution is 6.36. The summed E-state index contributed by atoms with van der Waals surface area (Å²) in [6.07, 6.45) is -0.290. The largest absolute Gasteiger partial charge is 0.467 e. The topological polar surface area (TPSA) is 122 Å². The number of anilines is 1. The number of rotatable bonds is 5. The number of carboxylic acid groups (broad SMARTS) is 1. The van der Waals surface area contributed by atoms with E-state index in [2.05, 4.69) is 9.97 Å². The summed E-state index contributed by atoms with van der Waals surface area (Å²) in [4.78, 5) is 35.3. The Labute approximate surface area is 216 Å². The zero-order chi connectivity index (χ0) is 26.0. The summed E-state index contributed by atoms with van der Waals surface area (Å²) < 4.78 is 19.8. The van der Waals surface area contributed by atoms with Crippen LogP contribution >= 0.6 is 23.2 Å². The molecule has 3 aromatic rings. The molecule has 9 nitrogen and oxygen atoms in total. The summed E-state index contributed by atoms with van der Waals surface area (Å²) in [5.41, 5.74) is 7.77. The average Bonchev–Trinajstić information content (AvgIpc) is 2.87. The molecular formula is C24H22Cl2FN5O4. The van der Waals surface area contributed by atoms with Crippen LogP contribution in [0.4, 0.5) is 15.0 Å². The van der Waals surface area contributed by atoms with E-state index < -0.39 is 18.0 Å². The lowest BCUT2D eigenvalue weighted by atomic mass is 10.1. The maximum absolute atomic E-state index is 13.9. The molecule has 4 rings (SSSR count). The molecule has 1 aliphatic rings. The molecule has 2 amide bonds. The third kappa shape index (κ3) is 5.29. The van der Waals surface area contributed by atoms with Crippen LogP contribution in [-0.4, -0.2) is 63.1 Å². The average molecular weight is 534 g/mol. The number of ether oxygens (including phenoxy) is 1. The highest BCUT2D eigenvalue weighted by Crippen LogP contribution is 2.35. The molecular weight excluding hydrogens is 512 g/mol. The molecule has 0 bridgehead atoms. The van der Waals surface area contributed by atoms with E-state index in [0.717, 1.165) is 0 Å². The Morgan fingerprint density at radius 3 is 2.36 bits per heavy atom. The van der Waals surface area contributed by atoms with Gasteiger partial charge in [0.05, 0.1) is 16.9 Å². The molecule has 3 N–H and O–H groups in total. The van der Waals surface area contributed by atoms with Crippen LogP contribution in [0.2, 0.25) is 10.0 Å². The Bertz CT molecular complexity index is 1300. The van der Waals surface area contributed by atoms with Crippen molar-refractivity contribution in [3.8, 4) is 17.1 Å². The van der Waals surface area contributed by atoms with E-state index in [0.29, 0.717) is 29.9 Å². The molecule has 2 heterocycles. The molecule has 0 unspecified atom stereocenters. The second kappa shape index (κ2) is 10.5. The smallest absolute Gasteiger partial charge is 0.407 e. The quantitative estimate of drug-likeness (QED) is 0.453. The molecule has 1 aromatic heterocycles. The lowest BCUT2D eigenvalue weighted by Crippen LogP contribution is -2.50. The van der Waals surface area contributed by atoms with Gasteiger partial charge in [-0.1, -0.05) is 35.3 Å². The first-order valence-corrected chi connectivity index (χ1v) is 11.7. The second-order valence-corrected chi connectivity index (χ2v) is 8.89. The molecule has 0 aliphatic carbocycles. The van der Waals surface area contributed by atoms with Crippen LogP contribution in [-0.2, 0) is 0 Å². The van der Waals surface area contributed by atoms with Gasteiger partial charge in [-0.2, -0.15) is 0 Å². The second-order valence-electron chi connectivity index (χ2n) is 8.10. The molecule has 188 valence electrons. The molecule has 0 spiro atoms. The predicted octanol–water partition coefficient (Wildman–Crippen LogP) is 4.75.